The average Bonchev–Trinajstić information content (AvgIpc) is 3.06. The number of nitrogens with one attached hydrogen (secondary N) is 1. The number of hydrogen-bond donors (Lipinski definition) is 1. The number of ether oxygens (including phenoxy) is 1. The van der Waals surface area contributed by atoms with Gasteiger partial charge in [0.15, 0.2) is 0 Å². The number of benzene rings is 4. The van der Waals surface area contributed by atoms with Crippen LogP contribution in [0.25, 0.3) is 0 Å². The van der Waals surface area contributed by atoms with E-state index >= 15 is 0 Å². The van der Waals surface area contributed by atoms with Crippen molar-refractivity contribution in [3.8, 4) is 5.75 Å². The molecule has 0 bridgehead atoms. The molecular weight excluding hydrogens is 622 g/mol. The van der Waals surface area contributed by atoms with E-state index in [1.807, 2.05) is 51.1 Å². The average molecular weight is 662 g/mol. The second-order valence-corrected chi connectivity index (χ2v) is 13.4. The Balaban J connectivity index is 1.82. The van der Waals surface area contributed by atoms with Crippen LogP contribution in [-0.2, 0) is 32.6 Å². The molecule has 0 aliphatic carbocycles. The summed E-state index contributed by atoms with van der Waals surface area (Å²) in [6.45, 7) is 5.16. The van der Waals surface area contributed by atoms with Gasteiger partial charge < -0.3 is 15.0 Å². The Bertz CT molecular complexity index is 1720. The highest BCUT2D eigenvalue weighted by atomic mass is 35.5. The van der Waals surface area contributed by atoms with Gasteiger partial charge in [0, 0.05) is 24.0 Å². The van der Waals surface area contributed by atoms with Gasteiger partial charge in [-0.3, -0.25) is 13.9 Å². The minimum absolute atomic E-state index is 0.00896. The number of halogens is 1. The van der Waals surface area contributed by atoms with E-state index in [4.69, 9.17) is 16.3 Å². The molecule has 4 aromatic rings. The van der Waals surface area contributed by atoms with Gasteiger partial charge in [0.25, 0.3) is 10.0 Å². The van der Waals surface area contributed by atoms with Crippen LogP contribution in [0.5, 0.6) is 5.75 Å². The second-order valence-electron chi connectivity index (χ2n) is 11.2. The van der Waals surface area contributed by atoms with Crippen LogP contribution in [0.2, 0.25) is 5.02 Å². The first-order valence-corrected chi connectivity index (χ1v) is 17.0. The Morgan fingerprint density at radius 3 is 2.13 bits per heavy atom. The molecule has 0 aromatic heterocycles. The quantitative estimate of drug-likeness (QED) is 0.169. The number of aryl methyl sites for hydroxylation is 1. The minimum atomic E-state index is -4.21. The Labute approximate surface area is 277 Å². The summed E-state index contributed by atoms with van der Waals surface area (Å²) in [5.41, 5.74) is 2.65. The number of carbonyl (C=O) groups is 2. The fraction of sp³-hybridized carbons (Fsp3) is 0.278. The second kappa shape index (κ2) is 15.8. The summed E-state index contributed by atoms with van der Waals surface area (Å²) in [5.74, 6) is -0.365. The summed E-state index contributed by atoms with van der Waals surface area (Å²) in [6, 6.07) is 28.3. The molecule has 1 N–H and O–H groups in total. The lowest BCUT2D eigenvalue weighted by Gasteiger charge is -2.34. The van der Waals surface area contributed by atoms with Gasteiger partial charge in [0.2, 0.25) is 11.8 Å². The number of anilines is 1. The zero-order valence-corrected chi connectivity index (χ0v) is 28.1. The van der Waals surface area contributed by atoms with E-state index in [1.165, 1.54) is 24.1 Å². The third-order valence-electron chi connectivity index (χ3n) is 7.82. The lowest BCUT2D eigenvalue weighted by molar-refractivity contribution is -0.140. The van der Waals surface area contributed by atoms with Crippen LogP contribution in [-0.4, -0.2) is 50.9 Å². The van der Waals surface area contributed by atoms with E-state index < -0.39 is 28.5 Å². The molecule has 0 aliphatic heterocycles. The number of methoxy groups -OCH3 is 1. The molecule has 242 valence electrons. The maximum Gasteiger partial charge on any atom is 0.264 e. The summed E-state index contributed by atoms with van der Waals surface area (Å²) in [7, 11) is -2.69. The molecule has 0 unspecified atom stereocenters. The molecule has 10 heteroatoms. The zero-order chi connectivity index (χ0) is 33.3. The highest BCUT2D eigenvalue weighted by molar-refractivity contribution is 7.92. The van der Waals surface area contributed by atoms with E-state index in [1.54, 1.807) is 60.7 Å². The van der Waals surface area contributed by atoms with Crippen molar-refractivity contribution in [2.45, 2.75) is 57.1 Å². The SMILES string of the molecule is CC[C@@H](C)NC(=O)[C@H](Cc1ccccc1)N(Cc1ccccc1Cl)C(=O)CN(c1ccc(OC)cc1)S(=O)(=O)c1ccc(C)cc1. The molecule has 2 atom stereocenters. The highest BCUT2D eigenvalue weighted by Crippen LogP contribution is 2.28. The maximum atomic E-state index is 14.6. The van der Waals surface area contributed by atoms with Crippen molar-refractivity contribution in [1.29, 1.82) is 0 Å². The summed E-state index contributed by atoms with van der Waals surface area (Å²) in [4.78, 5) is 30.0. The summed E-state index contributed by atoms with van der Waals surface area (Å²) >= 11 is 6.56. The molecule has 4 rings (SSSR count). The van der Waals surface area contributed by atoms with Crippen molar-refractivity contribution in [2.75, 3.05) is 18.0 Å². The molecule has 2 amide bonds. The van der Waals surface area contributed by atoms with E-state index in [0.29, 0.717) is 22.8 Å². The Hall–Kier alpha value is -4.34. The highest BCUT2D eigenvalue weighted by Gasteiger charge is 2.35. The molecule has 0 spiro atoms. The summed E-state index contributed by atoms with van der Waals surface area (Å²) < 4.78 is 34.7. The van der Waals surface area contributed by atoms with Crippen LogP contribution >= 0.6 is 11.6 Å². The number of rotatable bonds is 14. The predicted molar refractivity (Wildman–Crippen MR) is 183 cm³/mol. The van der Waals surface area contributed by atoms with Gasteiger partial charge in [-0.1, -0.05) is 84.8 Å². The Morgan fingerprint density at radius 1 is 0.891 bits per heavy atom. The number of nitrogens with zero attached hydrogens (tertiary/aromatic N) is 2. The molecule has 46 heavy (non-hydrogen) atoms. The van der Waals surface area contributed by atoms with Gasteiger partial charge in [-0.05, 0) is 73.9 Å². The van der Waals surface area contributed by atoms with E-state index in [2.05, 4.69) is 5.32 Å². The Morgan fingerprint density at radius 2 is 1.52 bits per heavy atom. The van der Waals surface area contributed by atoms with Crippen LogP contribution in [0.3, 0.4) is 0 Å². The smallest absolute Gasteiger partial charge is 0.264 e. The van der Waals surface area contributed by atoms with Crippen LogP contribution in [0, 0.1) is 6.92 Å². The molecule has 0 aliphatic rings. The lowest BCUT2D eigenvalue weighted by Crippen LogP contribution is -2.54. The lowest BCUT2D eigenvalue weighted by atomic mass is 10.0. The first-order chi connectivity index (χ1) is 22.0. The van der Waals surface area contributed by atoms with Crippen LogP contribution in [0.1, 0.15) is 37.0 Å². The van der Waals surface area contributed by atoms with Crippen molar-refractivity contribution >= 4 is 39.1 Å². The number of amides is 2. The third-order valence-corrected chi connectivity index (χ3v) is 9.98. The molecule has 0 heterocycles. The molecular formula is C36H40ClN3O5S. The van der Waals surface area contributed by atoms with Gasteiger partial charge in [0.1, 0.15) is 18.3 Å². The zero-order valence-electron chi connectivity index (χ0n) is 26.5. The molecule has 8 nitrogen and oxygen atoms in total. The van der Waals surface area contributed by atoms with Gasteiger partial charge in [-0.25, -0.2) is 8.42 Å². The largest absolute Gasteiger partial charge is 0.497 e. The first kappa shape index (κ1) is 34.5. The fourth-order valence-corrected chi connectivity index (χ4v) is 6.53. The number of hydrogen-bond acceptors (Lipinski definition) is 5. The molecule has 0 saturated heterocycles. The molecule has 0 fully saturated rings. The Kier molecular flexibility index (Phi) is 11.8. The van der Waals surface area contributed by atoms with E-state index in [9.17, 15) is 18.0 Å². The van der Waals surface area contributed by atoms with Crippen molar-refractivity contribution in [3.05, 3.63) is 125 Å². The van der Waals surface area contributed by atoms with Crippen molar-refractivity contribution in [1.82, 2.24) is 10.2 Å². The van der Waals surface area contributed by atoms with Gasteiger partial charge in [-0.15, -0.1) is 0 Å². The monoisotopic (exact) mass is 661 g/mol. The van der Waals surface area contributed by atoms with Gasteiger partial charge in [0.05, 0.1) is 17.7 Å². The number of sulfonamides is 1. The van der Waals surface area contributed by atoms with Crippen LogP contribution in [0.4, 0.5) is 5.69 Å². The summed E-state index contributed by atoms with van der Waals surface area (Å²) in [6.07, 6.45) is 0.912. The minimum Gasteiger partial charge on any atom is -0.497 e. The topological polar surface area (TPSA) is 96.0 Å². The summed E-state index contributed by atoms with van der Waals surface area (Å²) in [5, 5.41) is 3.46. The van der Waals surface area contributed by atoms with Crippen molar-refractivity contribution < 1.29 is 22.7 Å². The third kappa shape index (κ3) is 8.68. The van der Waals surface area contributed by atoms with E-state index in [0.717, 1.165) is 15.4 Å². The molecule has 0 saturated carbocycles. The standard InChI is InChI=1S/C36H40ClN3O5S/c1-5-27(3)38-36(42)34(23-28-11-7-6-8-12-28)39(24-29-13-9-10-14-33(29)37)35(41)25-40(30-17-19-31(45-4)20-18-30)46(43,44)32-21-15-26(2)16-22-32/h6-22,27,34H,5,23-25H2,1-4H3,(H,38,42)/t27-,34+/m1/s1. The van der Waals surface area contributed by atoms with Gasteiger partial charge in [-0.2, -0.15) is 0 Å². The van der Waals surface area contributed by atoms with Gasteiger partial charge >= 0.3 is 0 Å². The van der Waals surface area contributed by atoms with Crippen molar-refractivity contribution in [3.63, 3.8) is 0 Å². The predicted octanol–water partition coefficient (Wildman–Crippen LogP) is 6.41. The van der Waals surface area contributed by atoms with E-state index in [-0.39, 0.29) is 35.5 Å². The molecule has 4 aromatic carbocycles. The van der Waals surface area contributed by atoms with Crippen LogP contribution < -0.4 is 14.4 Å². The maximum absolute atomic E-state index is 14.6. The molecule has 0 radical (unpaired) electrons. The van der Waals surface area contributed by atoms with Crippen LogP contribution in [0.15, 0.2) is 108 Å². The normalized spacial score (nSPS) is 12.5. The first-order valence-electron chi connectivity index (χ1n) is 15.1. The van der Waals surface area contributed by atoms with Crippen molar-refractivity contribution in [2.24, 2.45) is 0 Å². The fourth-order valence-electron chi connectivity index (χ4n) is 4.92. The number of carbonyl (C=O) groups excluding carboxylic acids is 2.